The van der Waals surface area contributed by atoms with Gasteiger partial charge in [-0.2, -0.15) is 0 Å². The molecule has 0 spiro atoms. The zero-order valence-electron chi connectivity index (χ0n) is 13.9. The minimum Gasteiger partial charge on any atom is -0.461 e. The number of hydrogen-bond donors (Lipinski definition) is 2. The number of hydrogen-bond acceptors (Lipinski definition) is 5. The van der Waals surface area contributed by atoms with Crippen LogP contribution in [0.4, 0.5) is 0 Å². The maximum Gasteiger partial charge on any atom is 0.225 e. The molecule has 132 valence electrons. The largest absolute Gasteiger partial charge is 0.461 e. The first-order chi connectivity index (χ1) is 12.2. The minimum absolute atomic E-state index is 0.0377. The minimum atomic E-state index is -0.149. The Morgan fingerprint density at radius 2 is 2.20 bits per heavy atom. The third-order valence-electron chi connectivity index (χ3n) is 4.73. The number of amides is 2. The summed E-state index contributed by atoms with van der Waals surface area (Å²) in [5, 5.41) is 9.77. The lowest BCUT2D eigenvalue weighted by molar-refractivity contribution is -0.136. The normalized spacial score (nSPS) is 20.5. The van der Waals surface area contributed by atoms with E-state index >= 15 is 0 Å². The first-order valence-electron chi connectivity index (χ1n) is 8.72. The number of likely N-dealkylation sites (tertiary alicyclic amines) is 1. The average Bonchev–Trinajstić information content (AvgIpc) is 3.14. The van der Waals surface area contributed by atoms with E-state index in [4.69, 9.17) is 4.42 Å². The van der Waals surface area contributed by atoms with E-state index in [2.05, 4.69) is 20.5 Å². The third kappa shape index (κ3) is 3.57. The maximum atomic E-state index is 12.4. The van der Waals surface area contributed by atoms with Gasteiger partial charge < -0.3 is 14.6 Å². The number of aromatic amines is 1. The predicted molar refractivity (Wildman–Crippen MR) is 88.0 cm³/mol. The van der Waals surface area contributed by atoms with Crippen LogP contribution in [0.3, 0.4) is 0 Å². The van der Waals surface area contributed by atoms with Gasteiger partial charge in [-0.1, -0.05) is 0 Å². The second-order valence-electron chi connectivity index (χ2n) is 6.70. The fourth-order valence-corrected chi connectivity index (χ4v) is 3.19. The highest BCUT2D eigenvalue weighted by Gasteiger charge is 2.36. The quantitative estimate of drug-likeness (QED) is 0.852. The van der Waals surface area contributed by atoms with E-state index in [-0.39, 0.29) is 30.2 Å². The second kappa shape index (κ2) is 6.70. The first kappa shape index (κ1) is 15.9. The number of H-pyrrole nitrogens is 1. The molecule has 2 N–H and O–H groups in total. The van der Waals surface area contributed by atoms with Gasteiger partial charge in [0.05, 0.1) is 18.7 Å². The van der Waals surface area contributed by atoms with E-state index in [0.29, 0.717) is 24.0 Å². The number of rotatable bonds is 5. The molecule has 2 aromatic rings. The van der Waals surface area contributed by atoms with Gasteiger partial charge in [-0.15, -0.1) is 5.10 Å². The fourth-order valence-electron chi connectivity index (χ4n) is 3.19. The van der Waals surface area contributed by atoms with Crippen molar-refractivity contribution < 1.29 is 14.0 Å². The Kier molecular flexibility index (Phi) is 4.25. The van der Waals surface area contributed by atoms with Crippen LogP contribution in [0.2, 0.25) is 0 Å². The van der Waals surface area contributed by atoms with Crippen molar-refractivity contribution in [3.8, 4) is 11.6 Å². The smallest absolute Gasteiger partial charge is 0.225 e. The van der Waals surface area contributed by atoms with Gasteiger partial charge in [-0.25, -0.2) is 4.98 Å². The van der Waals surface area contributed by atoms with Crippen molar-refractivity contribution in [2.24, 2.45) is 11.8 Å². The second-order valence-corrected chi connectivity index (χ2v) is 6.70. The van der Waals surface area contributed by atoms with Crippen LogP contribution in [0.1, 0.15) is 31.5 Å². The van der Waals surface area contributed by atoms with Crippen LogP contribution >= 0.6 is 0 Å². The van der Waals surface area contributed by atoms with Gasteiger partial charge in [-0.3, -0.25) is 14.7 Å². The molecule has 8 nitrogen and oxygen atoms in total. The average molecular weight is 343 g/mol. The van der Waals surface area contributed by atoms with Crippen molar-refractivity contribution in [2.45, 2.75) is 32.2 Å². The molecule has 1 saturated heterocycles. The Balaban J connectivity index is 1.30. The number of carbonyl (C=O) groups is 2. The molecule has 4 rings (SSSR count). The molecule has 8 heteroatoms. The molecular weight excluding hydrogens is 322 g/mol. The molecule has 1 atom stereocenters. The lowest BCUT2D eigenvalue weighted by Gasteiger charge is -2.32. The van der Waals surface area contributed by atoms with Gasteiger partial charge in [0, 0.05) is 19.0 Å². The summed E-state index contributed by atoms with van der Waals surface area (Å²) >= 11 is 0. The molecule has 2 aliphatic rings. The summed E-state index contributed by atoms with van der Waals surface area (Å²) < 4.78 is 5.24. The van der Waals surface area contributed by atoms with Crippen molar-refractivity contribution in [2.75, 3.05) is 13.1 Å². The van der Waals surface area contributed by atoms with Crippen LogP contribution in [0.25, 0.3) is 11.6 Å². The highest BCUT2D eigenvalue weighted by Crippen LogP contribution is 2.32. The molecule has 3 heterocycles. The lowest BCUT2D eigenvalue weighted by atomic mass is 9.96. The number of furan rings is 1. The number of aromatic nitrogens is 3. The van der Waals surface area contributed by atoms with Crippen molar-refractivity contribution in [1.82, 2.24) is 25.4 Å². The standard InChI is InChI=1S/C17H21N5O3/c23-16(12-3-1-7-22(10-12)17(24)11-5-6-11)18-9-14-19-15(21-20-14)13-4-2-8-25-13/h2,4,8,11-12H,1,3,5-7,9-10H2,(H,18,23)(H,19,20,21). The van der Waals surface area contributed by atoms with E-state index in [1.807, 2.05) is 4.90 Å². The van der Waals surface area contributed by atoms with Crippen LogP contribution in [-0.4, -0.2) is 45.0 Å². The van der Waals surface area contributed by atoms with Gasteiger partial charge in [-0.05, 0) is 37.8 Å². The Hall–Kier alpha value is -2.64. The SMILES string of the molecule is O=C(NCc1nc(-c2ccco2)n[nH]1)C1CCCN(C(=O)C2CC2)C1. The van der Waals surface area contributed by atoms with Crippen LogP contribution in [0.15, 0.2) is 22.8 Å². The van der Waals surface area contributed by atoms with Crippen molar-refractivity contribution in [1.29, 1.82) is 0 Å². The Labute approximate surface area is 145 Å². The van der Waals surface area contributed by atoms with Crippen LogP contribution < -0.4 is 5.32 Å². The first-order valence-corrected chi connectivity index (χ1v) is 8.72. The summed E-state index contributed by atoms with van der Waals surface area (Å²) in [5.41, 5.74) is 0. The monoisotopic (exact) mass is 343 g/mol. The molecule has 1 saturated carbocycles. The number of nitrogens with one attached hydrogen (secondary N) is 2. The van der Waals surface area contributed by atoms with Gasteiger partial charge in [0.2, 0.25) is 17.6 Å². The van der Waals surface area contributed by atoms with Gasteiger partial charge in [0.15, 0.2) is 5.76 Å². The molecule has 1 aliphatic carbocycles. The summed E-state index contributed by atoms with van der Waals surface area (Å²) in [6, 6.07) is 3.55. The molecule has 0 aromatic carbocycles. The summed E-state index contributed by atoms with van der Waals surface area (Å²) in [6.07, 6.45) is 5.24. The molecule has 1 unspecified atom stereocenters. The van der Waals surface area contributed by atoms with Gasteiger partial charge >= 0.3 is 0 Å². The summed E-state index contributed by atoms with van der Waals surface area (Å²) in [7, 11) is 0. The van der Waals surface area contributed by atoms with Crippen molar-refractivity contribution in [3.63, 3.8) is 0 Å². The highest BCUT2D eigenvalue weighted by molar-refractivity contribution is 5.83. The van der Waals surface area contributed by atoms with Crippen LogP contribution in [-0.2, 0) is 16.1 Å². The van der Waals surface area contributed by atoms with E-state index in [1.165, 1.54) is 0 Å². The molecule has 2 fully saturated rings. The van der Waals surface area contributed by atoms with Gasteiger partial charge in [0.1, 0.15) is 5.82 Å². The number of carbonyl (C=O) groups excluding carboxylic acids is 2. The maximum absolute atomic E-state index is 12.4. The number of piperidine rings is 1. The lowest BCUT2D eigenvalue weighted by Crippen LogP contribution is -2.45. The van der Waals surface area contributed by atoms with E-state index in [9.17, 15) is 9.59 Å². The topological polar surface area (TPSA) is 104 Å². The summed E-state index contributed by atoms with van der Waals surface area (Å²) in [6.45, 7) is 1.57. The molecule has 2 amide bonds. The summed E-state index contributed by atoms with van der Waals surface area (Å²) in [4.78, 5) is 30.8. The molecular formula is C17H21N5O3. The van der Waals surface area contributed by atoms with Crippen LogP contribution in [0.5, 0.6) is 0 Å². The highest BCUT2D eigenvalue weighted by atomic mass is 16.3. The Bertz CT molecular complexity index is 750. The summed E-state index contributed by atoms with van der Waals surface area (Å²) in [5.74, 6) is 1.85. The molecule has 2 aromatic heterocycles. The zero-order valence-corrected chi connectivity index (χ0v) is 13.9. The Morgan fingerprint density at radius 3 is 2.96 bits per heavy atom. The van der Waals surface area contributed by atoms with E-state index in [0.717, 1.165) is 32.2 Å². The Morgan fingerprint density at radius 1 is 1.32 bits per heavy atom. The van der Waals surface area contributed by atoms with Crippen LogP contribution in [0, 0.1) is 11.8 Å². The fraction of sp³-hybridized carbons (Fsp3) is 0.529. The number of nitrogens with zero attached hydrogens (tertiary/aromatic N) is 3. The molecule has 1 aliphatic heterocycles. The van der Waals surface area contributed by atoms with Crippen molar-refractivity contribution in [3.05, 3.63) is 24.2 Å². The van der Waals surface area contributed by atoms with Crippen molar-refractivity contribution >= 4 is 11.8 Å². The molecule has 0 bridgehead atoms. The molecule has 25 heavy (non-hydrogen) atoms. The van der Waals surface area contributed by atoms with E-state index < -0.39 is 0 Å². The van der Waals surface area contributed by atoms with E-state index in [1.54, 1.807) is 18.4 Å². The molecule has 0 radical (unpaired) electrons. The zero-order chi connectivity index (χ0) is 17.2. The van der Waals surface area contributed by atoms with Gasteiger partial charge in [0.25, 0.3) is 0 Å². The third-order valence-corrected chi connectivity index (χ3v) is 4.73. The predicted octanol–water partition coefficient (Wildman–Crippen LogP) is 1.33.